The number of amidine groups is 2. The van der Waals surface area contributed by atoms with Crippen LogP contribution < -0.4 is 11.5 Å². The lowest BCUT2D eigenvalue weighted by molar-refractivity contribution is 0.433. The number of hydrogen-bond acceptors (Lipinski definition) is 6. The number of hydrogen-bond donors (Lipinski definition) is 4. The lowest BCUT2D eigenvalue weighted by Crippen LogP contribution is -2.11. The van der Waals surface area contributed by atoms with Gasteiger partial charge >= 0.3 is 0 Å². The van der Waals surface area contributed by atoms with E-state index in [9.17, 15) is 0 Å². The highest BCUT2D eigenvalue weighted by Crippen LogP contribution is 2.23. The number of nitrogens with two attached hydrogens (primary N) is 2. The SMILES string of the molecule is Cl.Cl.N=C(N)c1ccc(-c2cc(-c3ccc(C(=N)N)cn3)on2)nc1. The highest BCUT2D eigenvalue weighted by molar-refractivity contribution is 5.95. The molecule has 0 aliphatic heterocycles. The molecule has 130 valence electrons. The molecule has 6 N–H and O–H groups in total. The minimum Gasteiger partial charge on any atom is -0.384 e. The average Bonchev–Trinajstić information content (AvgIpc) is 3.05. The first-order chi connectivity index (χ1) is 11.0. The third kappa shape index (κ3) is 4.31. The van der Waals surface area contributed by atoms with Crippen molar-refractivity contribution in [2.24, 2.45) is 11.5 Å². The molecule has 0 aliphatic carbocycles. The van der Waals surface area contributed by atoms with E-state index in [0.717, 1.165) is 0 Å². The van der Waals surface area contributed by atoms with Crippen LogP contribution in [0.2, 0.25) is 0 Å². The van der Waals surface area contributed by atoms with Crippen LogP contribution in [-0.4, -0.2) is 26.8 Å². The molecule has 0 unspecified atom stereocenters. The average molecular weight is 380 g/mol. The monoisotopic (exact) mass is 379 g/mol. The van der Waals surface area contributed by atoms with Gasteiger partial charge in [-0.25, -0.2) is 0 Å². The highest BCUT2D eigenvalue weighted by atomic mass is 35.5. The van der Waals surface area contributed by atoms with Gasteiger partial charge in [0.2, 0.25) is 0 Å². The van der Waals surface area contributed by atoms with Gasteiger partial charge in [0.1, 0.15) is 23.1 Å². The van der Waals surface area contributed by atoms with Crippen molar-refractivity contribution >= 4 is 36.5 Å². The van der Waals surface area contributed by atoms with E-state index in [1.54, 1.807) is 30.3 Å². The minimum atomic E-state index is -0.0444. The quantitative estimate of drug-likeness (QED) is 0.402. The Bertz CT molecular complexity index is 804. The molecule has 0 radical (unpaired) electrons. The van der Waals surface area contributed by atoms with Gasteiger partial charge in [-0.1, -0.05) is 5.16 Å². The fourth-order valence-corrected chi connectivity index (χ4v) is 1.92. The topological polar surface area (TPSA) is 152 Å². The molecule has 0 fully saturated rings. The van der Waals surface area contributed by atoms with Crippen LogP contribution in [0.1, 0.15) is 11.1 Å². The van der Waals surface area contributed by atoms with E-state index in [1.165, 1.54) is 12.4 Å². The number of rotatable bonds is 4. The van der Waals surface area contributed by atoms with Gasteiger partial charge in [0.25, 0.3) is 0 Å². The molecule has 0 saturated heterocycles. The Morgan fingerprint density at radius 1 is 0.800 bits per heavy atom. The number of nitrogens with zero attached hydrogens (tertiary/aromatic N) is 3. The standard InChI is InChI=1S/C15H13N7O.2ClH/c16-14(17)8-1-3-10(20-6-8)12-5-13(23-22-12)11-4-2-9(7-21-11)15(18)19;;/h1-7H,(H3,16,17)(H3,18,19);2*1H. The molecule has 3 heterocycles. The summed E-state index contributed by atoms with van der Waals surface area (Å²) in [6.45, 7) is 0. The smallest absolute Gasteiger partial charge is 0.185 e. The van der Waals surface area contributed by atoms with Crippen molar-refractivity contribution in [3.05, 3.63) is 53.9 Å². The Morgan fingerprint density at radius 3 is 1.76 bits per heavy atom. The van der Waals surface area contributed by atoms with Crippen molar-refractivity contribution in [1.29, 1.82) is 10.8 Å². The summed E-state index contributed by atoms with van der Waals surface area (Å²) in [5.41, 5.74) is 13.6. The summed E-state index contributed by atoms with van der Waals surface area (Å²) in [5.74, 6) is 0.393. The van der Waals surface area contributed by atoms with Crippen LogP contribution in [0, 0.1) is 10.8 Å². The van der Waals surface area contributed by atoms with Crippen molar-refractivity contribution < 1.29 is 4.52 Å². The van der Waals surface area contributed by atoms with Crippen molar-refractivity contribution in [3.8, 4) is 22.8 Å². The van der Waals surface area contributed by atoms with Gasteiger partial charge in [-0.15, -0.1) is 24.8 Å². The first-order valence-corrected chi connectivity index (χ1v) is 6.63. The molecule has 0 saturated carbocycles. The van der Waals surface area contributed by atoms with Crippen molar-refractivity contribution in [2.75, 3.05) is 0 Å². The molecule has 0 spiro atoms. The predicted octanol–water partition coefficient (Wildman–Crippen LogP) is 2.21. The summed E-state index contributed by atoms with van der Waals surface area (Å²) in [4.78, 5) is 8.40. The van der Waals surface area contributed by atoms with E-state index < -0.39 is 0 Å². The maximum Gasteiger partial charge on any atom is 0.185 e. The summed E-state index contributed by atoms with van der Waals surface area (Å²) in [7, 11) is 0. The van der Waals surface area contributed by atoms with E-state index in [-0.39, 0.29) is 36.5 Å². The van der Waals surface area contributed by atoms with Crippen LogP contribution in [0.5, 0.6) is 0 Å². The largest absolute Gasteiger partial charge is 0.384 e. The number of halogens is 2. The second kappa shape index (κ2) is 8.22. The van der Waals surface area contributed by atoms with Crippen molar-refractivity contribution in [2.45, 2.75) is 0 Å². The molecule has 0 aliphatic rings. The van der Waals surface area contributed by atoms with Crippen LogP contribution in [0.3, 0.4) is 0 Å². The van der Waals surface area contributed by atoms with Crippen LogP contribution in [0.25, 0.3) is 22.8 Å². The molecular weight excluding hydrogens is 365 g/mol. The summed E-state index contributed by atoms with van der Waals surface area (Å²) in [6, 6.07) is 8.51. The number of nitrogen functional groups attached to an aromatic ring is 2. The first kappa shape index (κ1) is 20.1. The lowest BCUT2D eigenvalue weighted by Gasteiger charge is -1.98. The third-order valence-corrected chi connectivity index (χ3v) is 3.17. The molecule has 25 heavy (non-hydrogen) atoms. The molecule has 0 amide bonds. The second-order valence-corrected chi connectivity index (χ2v) is 4.77. The third-order valence-electron chi connectivity index (χ3n) is 3.17. The predicted molar refractivity (Wildman–Crippen MR) is 99.5 cm³/mol. The molecule has 0 aromatic carbocycles. The maximum atomic E-state index is 7.35. The fraction of sp³-hybridized carbons (Fsp3) is 0. The molecule has 3 aromatic heterocycles. The van der Waals surface area contributed by atoms with Crippen LogP contribution in [-0.2, 0) is 0 Å². The Kier molecular flexibility index (Phi) is 6.60. The maximum absolute atomic E-state index is 7.35. The van der Waals surface area contributed by atoms with Crippen LogP contribution in [0.4, 0.5) is 0 Å². The Morgan fingerprint density at radius 2 is 1.32 bits per heavy atom. The van der Waals surface area contributed by atoms with Crippen molar-refractivity contribution in [1.82, 2.24) is 15.1 Å². The van der Waals surface area contributed by atoms with Crippen LogP contribution in [0.15, 0.2) is 47.2 Å². The van der Waals surface area contributed by atoms with E-state index in [4.69, 9.17) is 26.8 Å². The molecule has 10 heteroatoms. The van der Waals surface area contributed by atoms with E-state index >= 15 is 0 Å². The van der Waals surface area contributed by atoms with Gasteiger partial charge in [-0.3, -0.25) is 20.8 Å². The lowest BCUT2D eigenvalue weighted by atomic mass is 10.2. The zero-order valence-electron chi connectivity index (χ0n) is 12.8. The zero-order valence-corrected chi connectivity index (χ0v) is 14.4. The number of aromatic nitrogens is 3. The van der Waals surface area contributed by atoms with Gasteiger partial charge in [0.05, 0.1) is 5.69 Å². The number of nitrogens with one attached hydrogen (secondary N) is 2. The molecule has 3 rings (SSSR count). The summed E-state index contributed by atoms with van der Waals surface area (Å²) in [6.07, 6.45) is 3.01. The van der Waals surface area contributed by atoms with Gasteiger partial charge < -0.3 is 16.0 Å². The van der Waals surface area contributed by atoms with Gasteiger partial charge in [0.15, 0.2) is 5.76 Å². The first-order valence-electron chi connectivity index (χ1n) is 6.63. The van der Waals surface area contributed by atoms with Gasteiger partial charge in [0, 0.05) is 29.6 Å². The number of pyridine rings is 2. The summed E-state index contributed by atoms with van der Waals surface area (Å²) in [5, 5.41) is 18.7. The molecule has 0 atom stereocenters. The van der Waals surface area contributed by atoms with Gasteiger partial charge in [-0.2, -0.15) is 0 Å². The van der Waals surface area contributed by atoms with E-state index in [1.807, 2.05) is 0 Å². The van der Waals surface area contributed by atoms with E-state index in [0.29, 0.717) is 34.0 Å². The van der Waals surface area contributed by atoms with Gasteiger partial charge in [-0.05, 0) is 24.3 Å². The van der Waals surface area contributed by atoms with E-state index in [2.05, 4.69) is 15.1 Å². The van der Waals surface area contributed by atoms with Crippen LogP contribution >= 0.6 is 24.8 Å². The minimum absolute atomic E-state index is 0. The fourth-order valence-electron chi connectivity index (χ4n) is 1.92. The second-order valence-electron chi connectivity index (χ2n) is 4.77. The summed E-state index contributed by atoms with van der Waals surface area (Å²) >= 11 is 0. The Balaban J connectivity index is 0.00000156. The molecule has 3 aromatic rings. The molecular formula is C15H15Cl2N7O. The summed E-state index contributed by atoms with van der Waals surface area (Å²) < 4.78 is 5.28. The Labute approximate surface area is 155 Å². The normalized spacial score (nSPS) is 9.60. The zero-order chi connectivity index (χ0) is 16.4. The Hall–Kier alpha value is -2.97. The molecule has 8 nitrogen and oxygen atoms in total. The molecule has 0 bridgehead atoms. The van der Waals surface area contributed by atoms with Crippen molar-refractivity contribution in [3.63, 3.8) is 0 Å². The highest BCUT2D eigenvalue weighted by Gasteiger charge is 2.11.